The minimum atomic E-state index is -0.0184. The first-order chi connectivity index (χ1) is 8.29. The highest BCUT2D eigenvalue weighted by Gasteiger charge is 2.17. The predicted octanol–water partition coefficient (Wildman–Crippen LogP) is 2.03. The van der Waals surface area contributed by atoms with Gasteiger partial charge >= 0.3 is 0 Å². The summed E-state index contributed by atoms with van der Waals surface area (Å²) in [4.78, 5) is 11.6. The lowest BCUT2D eigenvalue weighted by atomic mass is 9.92. The molecule has 102 valence electrons. The Bertz CT molecular complexity index is 390. The molecule has 1 heterocycles. The van der Waals surface area contributed by atoms with Crippen LogP contribution in [0.1, 0.15) is 46.7 Å². The van der Waals surface area contributed by atoms with Crippen LogP contribution < -0.4 is 10.6 Å². The van der Waals surface area contributed by atoms with E-state index in [2.05, 4.69) is 55.4 Å². The van der Waals surface area contributed by atoms with Crippen LogP contribution in [0.15, 0.2) is 6.07 Å². The van der Waals surface area contributed by atoms with E-state index in [0.717, 1.165) is 5.69 Å². The van der Waals surface area contributed by atoms with E-state index in [1.54, 1.807) is 0 Å². The standard InChI is InChI=1S/C13H24N4O/c1-9(2)14-7-6-12(18)15-11-8-10(16-17-11)13(3,4)5/h8-9,14H,6-7H2,1-5H3,(H2,15,16,17,18). The Kier molecular flexibility index (Phi) is 4.90. The fourth-order valence-corrected chi connectivity index (χ4v) is 1.45. The molecule has 0 unspecified atom stereocenters. The zero-order valence-corrected chi connectivity index (χ0v) is 11.9. The fraction of sp³-hybridized carbons (Fsp3) is 0.692. The molecule has 0 saturated carbocycles. The maximum atomic E-state index is 11.6. The van der Waals surface area contributed by atoms with Gasteiger partial charge in [0.25, 0.3) is 0 Å². The number of H-pyrrole nitrogens is 1. The Labute approximate surface area is 109 Å². The van der Waals surface area contributed by atoms with Crippen molar-refractivity contribution in [3.63, 3.8) is 0 Å². The first kappa shape index (κ1) is 14.7. The number of hydrogen-bond donors (Lipinski definition) is 3. The number of nitrogens with zero attached hydrogens (tertiary/aromatic N) is 1. The maximum Gasteiger partial charge on any atom is 0.226 e. The van der Waals surface area contributed by atoms with Gasteiger partial charge in [0.2, 0.25) is 5.91 Å². The lowest BCUT2D eigenvalue weighted by Crippen LogP contribution is -2.27. The summed E-state index contributed by atoms with van der Waals surface area (Å²) < 4.78 is 0. The maximum absolute atomic E-state index is 11.6. The molecule has 0 bridgehead atoms. The molecule has 0 aromatic carbocycles. The van der Waals surface area contributed by atoms with Crippen molar-refractivity contribution in [2.75, 3.05) is 11.9 Å². The quantitative estimate of drug-likeness (QED) is 0.751. The highest BCUT2D eigenvalue weighted by atomic mass is 16.1. The van der Waals surface area contributed by atoms with Crippen molar-refractivity contribution in [1.82, 2.24) is 15.5 Å². The first-order valence-electron chi connectivity index (χ1n) is 6.38. The van der Waals surface area contributed by atoms with Gasteiger partial charge in [0, 0.05) is 36.2 Å². The molecule has 0 aliphatic rings. The number of carbonyl (C=O) groups is 1. The molecule has 5 heteroatoms. The van der Waals surface area contributed by atoms with Crippen molar-refractivity contribution in [3.8, 4) is 0 Å². The summed E-state index contributed by atoms with van der Waals surface area (Å²) in [5, 5.41) is 13.0. The molecular weight excluding hydrogens is 228 g/mol. The third kappa shape index (κ3) is 4.87. The van der Waals surface area contributed by atoms with Gasteiger partial charge in [-0.05, 0) is 0 Å². The van der Waals surface area contributed by atoms with Crippen LogP contribution >= 0.6 is 0 Å². The van der Waals surface area contributed by atoms with Gasteiger partial charge in [-0.15, -0.1) is 0 Å². The van der Waals surface area contributed by atoms with Crippen LogP contribution in [0.5, 0.6) is 0 Å². The minimum absolute atomic E-state index is 0.00910. The number of rotatable bonds is 5. The Balaban J connectivity index is 2.43. The van der Waals surface area contributed by atoms with Gasteiger partial charge in [0.15, 0.2) is 5.82 Å². The van der Waals surface area contributed by atoms with Crippen LogP contribution in [0.2, 0.25) is 0 Å². The largest absolute Gasteiger partial charge is 0.314 e. The third-order valence-corrected chi connectivity index (χ3v) is 2.56. The molecule has 3 N–H and O–H groups in total. The average Bonchev–Trinajstić information content (AvgIpc) is 2.64. The molecule has 1 aromatic rings. The van der Waals surface area contributed by atoms with Crippen molar-refractivity contribution in [2.45, 2.75) is 52.5 Å². The number of aromatic amines is 1. The second-order valence-electron chi connectivity index (χ2n) is 5.82. The second kappa shape index (κ2) is 6.00. The SMILES string of the molecule is CC(C)NCCC(=O)Nc1cc(C(C)(C)C)[nH]n1. The fourth-order valence-electron chi connectivity index (χ4n) is 1.45. The molecule has 18 heavy (non-hydrogen) atoms. The van der Waals surface area contributed by atoms with Crippen molar-refractivity contribution in [3.05, 3.63) is 11.8 Å². The second-order valence-corrected chi connectivity index (χ2v) is 5.82. The van der Waals surface area contributed by atoms with Gasteiger partial charge in [-0.25, -0.2) is 0 Å². The first-order valence-corrected chi connectivity index (χ1v) is 6.38. The van der Waals surface area contributed by atoms with Crippen LogP contribution in [0, 0.1) is 0 Å². The van der Waals surface area contributed by atoms with E-state index in [1.807, 2.05) is 6.07 Å². The van der Waals surface area contributed by atoms with Crippen LogP contribution in [0.4, 0.5) is 5.82 Å². The lowest BCUT2D eigenvalue weighted by molar-refractivity contribution is -0.116. The molecule has 0 fully saturated rings. The molecule has 0 radical (unpaired) electrons. The third-order valence-electron chi connectivity index (χ3n) is 2.56. The van der Waals surface area contributed by atoms with Crippen LogP contribution in [0.25, 0.3) is 0 Å². The molecule has 1 amide bonds. The van der Waals surface area contributed by atoms with E-state index >= 15 is 0 Å². The van der Waals surface area contributed by atoms with Crippen LogP contribution in [-0.2, 0) is 10.2 Å². The number of aromatic nitrogens is 2. The zero-order chi connectivity index (χ0) is 13.8. The predicted molar refractivity (Wildman–Crippen MR) is 73.7 cm³/mol. The normalized spacial score (nSPS) is 11.9. The topological polar surface area (TPSA) is 69.8 Å². The Hall–Kier alpha value is -1.36. The Morgan fingerprint density at radius 3 is 2.61 bits per heavy atom. The number of amides is 1. The van der Waals surface area contributed by atoms with Gasteiger partial charge in [0.1, 0.15) is 0 Å². The van der Waals surface area contributed by atoms with Crippen LogP contribution in [-0.4, -0.2) is 28.7 Å². The average molecular weight is 252 g/mol. The number of anilines is 1. The van der Waals surface area contributed by atoms with E-state index in [1.165, 1.54) is 0 Å². The van der Waals surface area contributed by atoms with E-state index in [0.29, 0.717) is 24.8 Å². The van der Waals surface area contributed by atoms with Gasteiger partial charge in [-0.3, -0.25) is 9.89 Å². The van der Waals surface area contributed by atoms with Crippen molar-refractivity contribution in [2.24, 2.45) is 0 Å². The lowest BCUT2D eigenvalue weighted by Gasteiger charge is -2.14. The Morgan fingerprint density at radius 1 is 1.44 bits per heavy atom. The monoisotopic (exact) mass is 252 g/mol. The number of carbonyl (C=O) groups excluding carboxylic acids is 1. The summed E-state index contributed by atoms with van der Waals surface area (Å²) in [5.74, 6) is 0.574. The van der Waals surface area contributed by atoms with Gasteiger partial charge in [-0.2, -0.15) is 5.10 Å². The minimum Gasteiger partial charge on any atom is -0.314 e. The van der Waals surface area contributed by atoms with Gasteiger partial charge < -0.3 is 10.6 Å². The highest BCUT2D eigenvalue weighted by molar-refractivity contribution is 5.89. The smallest absolute Gasteiger partial charge is 0.226 e. The number of nitrogens with one attached hydrogen (secondary N) is 3. The molecule has 0 aliphatic heterocycles. The summed E-state index contributed by atoms with van der Waals surface area (Å²) in [5.41, 5.74) is 1.02. The van der Waals surface area contributed by atoms with Crippen molar-refractivity contribution < 1.29 is 4.79 Å². The highest BCUT2D eigenvalue weighted by Crippen LogP contribution is 2.21. The van der Waals surface area contributed by atoms with Crippen LogP contribution in [0.3, 0.4) is 0 Å². The summed E-state index contributed by atoms with van der Waals surface area (Å²) in [6.45, 7) is 11.1. The van der Waals surface area contributed by atoms with E-state index in [9.17, 15) is 4.79 Å². The molecule has 0 spiro atoms. The molecule has 5 nitrogen and oxygen atoms in total. The van der Waals surface area contributed by atoms with Crippen molar-refractivity contribution >= 4 is 11.7 Å². The van der Waals surface area contributed by atoms with Gasteiger partial charge in [-0.1, -0.05) is 34.6 Å². The zero-order valence-electron chi connectivity index (χ0n) is 11.9. The summed E-state index contributed by atoms with van der Waals surface area (Å²) >= 11 is 0. The summed E-state index contributed by atoms with van der Waals surface area (Å²) in [6, 6.07) is 2.28. The molecular formula is C13H24N4O. The van der Waals surface area contributed by atoms with Crippen molar-refractivity contribution in [1.29, 1.82) is 0 Å². The van der Waals surface area contributed by atoms with E-state index in [-0.39, 0.29) is 11.3 Å². The molecule has 0 aliphatic carbocycles. The molecule has 0 atom stereocenters. The van der Waals surface area contributed by atoms with E-state index < -0.39 is 0 Å². The summed E-state index contributed by atoms with van der Waals surface area (Å²) in [6.07, 6.45) is 0.454. The Morgan fingerprint density at radius 2 is 2.11 bits per heavy atom. The molecule has 0 saturated heterocycles. The summed E-state index contributed by atoms with van der Waals surface area (Å²) in [7, 11) is 0. The molecule has 1 aromatic heterocycles. The number of hydrogen-bond acceptors (Lipinski definition) is 3. The van der Waals surface area contributed by atoms with E-state index in [4.69, 9.17) is 0 Å². The molecule has 1 rings (SSSR count). The van der Waals surface area contributed by atoms with Gasteiger partial charge in [0.05, 0.1) is 0 Å².